The number of imidazole rings is 1. The van der Waals surface area contributed by atoms with Crippen molar-refractivity contribution in [3.8, 4) is 12.1 Å². The summed E-state index contributed by atoms with van der Waals surface area (Å²) in [5, 5.41) is 26.4. The van der Waals surface area contributed by atoms with Crippen molar-refractivity contribution in [2.24, 2.45) is 5.92 Å². The molecule has 0 fully saturated rings. The Morgan fingerprint density at radius 3 is 2.56 bits per heavy atom. The molecule has 0 aliphatic carbocycles. The van der Waals surface area contributed by atoms with Crippen molar-refractivity contribution in [3.63, 3.8) is 0 Å². The Morgan fingerprint density at radius 2 is 2.12 bits per heavy atom. The van der Waals surface area contributed by atoms with Crippen LogP contribution in [0.25, 0.3) is 0 Å². The minimum Gasteiger partial charge on any atom is -0.481 e. The summed E-state index contributed by atoms with van der Waals surface area (Å²) in [5.74, 6) is -1.61. The molecule has 2 unspecified atom stereocenters. The second-order valence-electron chi connectivity index (χ2n) is 3.44. The fourth-order valence-electron chi connectivity index (χ4n) is 1.31. The summed E-state index contributed by atoms with van der Waals surface area (Å²) in [6.45, 7) is 3.21. The molecule has 1 rings (SSSR count). The van der Waals surface area contributed by atoms with Crippen molar-refractivity contribution in [3.05, 3.63) is 17.7 Å². The molecular weight excluding hydrogens is 208 g/mol. The molecule has 0 amide bonds. The lowest BCUT2D eigenvalue weighted by Crippen LogP contribution is -2.22. The van der Waals surface area contributed by atoms with E-state index >= 15 is 0 Å². The van der Waals surface area contributed by atoms with Gasteiger partial charge in [0, 0.05) is 6.04 Å². The van der Waals surface area contributed by atoms with E-state index in [0.717, 1.165) is 0 Å². The van der Waals surface area contributed by atoms with Crippen LogP contribution in [0.3, 0.4) is 0 Å². The van der Waals surface area contributed by atoms with E-state index in [1.54, 1.807) is 19.9 Å². The number of nitriles is 2. The van der Waals surface area contributed by atoms with E-state index in [2.05, 4.69) is 4.98 Å². The highest BCUT2D eigenvalue weighted by Crippen LogP contribution is 2.20. The highest BCUT2D eigenvalue weighted by atomic mass is 16.4. The van der Waals surface area contributed by atoms with Crippen molar-refractivity contribution in [1.82, 2.24) is 9.55 Å². The second kappa shape index (κ2) is 4.45. The quantitative estimate of drug-likeness (QED) is 0.812. The molecule has 2 atom stereocenters. The van der Waals surface area contributed by atoms with Crippen LogP contribution >= 0.6 is 0 Å². The van der Waals surface area contributed by atoms with Crippen molar-refractivity contribution >= 4 is 5.97 Å². The van der Waals surface area contributed by atoms with E-state index in [4.69, 9.17) is 15.6 Å². The topological polar surface area (TPSA) is 103 Å². The summed E-state index contributed by atoms with van der Waals surface area (Å²) < 4.78 is 1.41. The van der Waals surface area contributed by atoms with Gasteiger partial charge in [0.05, 0.1) is 12.2 Å². The summed E-state index contributed by atoms with van der Waals surface area (Å²) in [6, 6.07) is 3.21. The number of carboxylic acids is 1. The minimum atomic E-state index is -0.955. The molecule has 0 aromatic carbocycles. The largest absolute Gasteiger partial charge is 0.481 e. The Morgan fingerprint density at radius 1 is 1.50 bits per heavy atom. The Labute approximate surface area is 92.4 Å². The summed E-state index contributed by atoms with van der Waals surface area (Å²) >= 11 is 0. The monoisotopic (exact) mass is 218 g/mol. The van der Waals surface area contributed by atoms with Gasteiger partial charge in [0.1, 0.15) is 12.1 Å². The molecule has 0 saturated heterocycles. The number of nitrogens with zero attached hydrogens (tertiary/aromatic N) is 4. The molecule has 0 aliphatic heterocycles. The fourth-order valence-corrected chi connectivity index (χ4v) is 1.31. The highest BCUT2D eigenvalue weighted by Gasteiger charge is 2.24. The zero-order valence-corrected chi connectivity index (χ0v) is 8.88. The van der Waals surface area contributed by atoms with Gasteiger partial charge in [-0.05, 0) is 13.8 Å². The summed E-state index contributed by atoms with van der Waals surface area (Å²) in [6.07, 6.45) is 1.32. The molecule has 1 aromatic heterocycles. The first-order valence-corrected chi connectivity index (χ1v) is 4.62. The normalized spacial score (nSPS) is 13.5. The van der Waals surface area contributed by atoms with Gasteiger partial charge in [-0.2, -0.15) is 10.5 Å². The van der Waals surface area contributed by atoms with E-state index in [1.807, 2.05) is 6.07 Å². The van der Waals surface area contributed by atoms with Crippen molar-refractivity contribution < 1.29 is 9.90 Å². The van der Waals surface area contributed by atoms with Gasteiger partial charge in [0.25, 0.3) is 0 Å². The van der Waals surface area contributed by atoms with Gasteiger partial charge in [0.15, 0.2) is 11.4 Å². The van der Waals surface area contributed by atoms with Crippen LogP contribution in [0.4, 0.5) is 0 Å². The number of aromatic nitrogens is 2. The van der Waals surface area contributed by atoms with E-state index in [-0.39, 0.29) is 11.4 Å². The molecule has 0 radical (unpaired) electrons. The zero-order chi connectivity index (χ0) is 12.3. The van der Waals surface area contributed by atoms with Crippen LogP contribution in [0, 0.1) is 28.6 Å². The van der Waals surface area contributed by atoms with Gasteiger partial charge >= 0.3 is 5.97 Å². The van der Waals surface area contributed by atoms with Gasteiger partial charge < -0.3 is 9.67 Å². The summed E-state index contributed by atoms with van der Waals surface area (Å²) in [7, 11) is 0. The maximum Gasteiger partial charge on any atom is 0.308 e. The third-order valence-electron chi connectivity index (χ3n) is 2.56. The third kappa shape index (κ3) is 1.86. The predicted molar refractivity (Wildman–Crippen MR) is 53.2 cm³/mol. The Balaban J connectivity index is 3.16. The second-order valence-corrected chi connectivity index (χ2v) is 3.44. The number of carbonyl (C=O) groups is 1. The van der Waals surface area contributed by atoms with E-state index in [9.17, 15) is 4.79 Å². The molecule has 0 spiro atoms. The van der Waals surface area contributed by atoms with Crippen LogP contribution in [-0.4, -0.2) is 20.6 Å². The first-order chi connectivity index (χ1) is 7.52. The lowest BCUT2D eigenvalue weighted by atomic mass is 10.0. The Hall–Kier alpha value is -2.34. The number of hydrogen-bond acceptors (Lipinski definition) is 4. The molecule has 16 heavy (non-hydrogen) atoms. The zero-order valence-electron chi connectivity index (χ0n) is 8.88. The van der Waals surface area contributed by atoms with Crippen LogP contribution in [0.2, 0.25) is 0 Å². The predicted octanol–water partition coefficient (Wildman–Crippen LogP) is 0.908. The maximum atomic E-state index is 10.8. The molecule has 0 bridgehead atoms. The number of hydrogen-bond donors (Lipinski definition) is 1. The van der Waals surface area contributed by atoms with Crippen molar-refractivity contribution in [2.45, 2.75) is 19.9 Å². The van der Waals surface area contributed by atoms with Crippen LogP contribution in [0.5, 0.6) is 0 Å². The van der Waals surface area contributed by atoms with Gasteiger partial charge in [0.2, 0.25) is 0 Å². The lowest BCUT2D eigenvalue weighted by Gasteiger charge is -2.17. The van der Waals surface area contributed by atoms with Crippen molar-refractivity contribution in [2.75, 3.05) is 0 Å². The highest BCUT2D eigenvalue weighted by molar-refractivity contribution is 5.70. The average molecular weight is 218 g/mol. The first kappa shape index (κ1) is 11.7. The molecule has 1 aromatic rings. The molecule has 1 heterocycles. The van der Waals surface area contributed by atoms with Gasteiger partial charge in [-0.1, -0.05) is 0 Å². The van der Waals surface area contributed by atoms with Crippen LogP contribution < -0.4 is 0 Å². The molecule has 1 N–H and O–H groups in total. The lowest BCUT2D eigenvalue weighted by molar-refractivity contribution is -0.142. The molecule has 6 heteroatoms. The van der Waals surface area contributed by atoms with E-state index in [0.29, 0.717) is 0 Å². The third-order valence-corrected chi connectivity index (χ3v) is 2.56. The summed E-state index contributed by atoms with van der Waals surface area (Å²) in [5.41, 5.74) is 0.120. The SMILES string of the molecule is CC(C(=O)O)C(C)n1cnc(C#N)c1C#N. The molecular formula is C10H10N4O2. The fraction of sp³-hybridized carbons (Fsp3) is 0.400. The Bertz CT molecular complexity index is 492. The van der Waals surface area contributed by atoms with Crippen LogP contribution in [0.1, 0.15) is 31.3 Å². The van der Waals surface area contributed by atoms with Crippen LogP contribution in [0.15, 0.2) is 6.33 Å². The van der Waals surface area contributed by atoms with Crippen molar-refractivity contribution in [1.29, 1.82) is 10.5 Å². The summed E-state index contributed by atoms with van der Waals surface area (Å²) in [4.78, 5) is 14.6. The number of rotatable bonds is 3. The molecule has 0 saturated carbocycles. The number of aliphatic carboxylic acids is 1. The molecule has 0 aliphatic rings. The smallest absolute Gasteiger partial charge is 0.308 e. The number of carboxylic acid groups (broad SMARTS) is 1. The van der Waals surface area contributed by atoms with Gasteiger partial charge in [-0.3, -0.25) is 4.79 Å². The van der Waals surface area contributed by atoms with Gasteiger partial charge in [-0.15, -0.1) is 0 Å². The van der Waals surface area contributed by atoms with E-state index < -0.39 is 17.9 Å². The van der Waals surface area contributed by atoms with Gasteiger partial charge in [-0.25, -0.2) is 4.98 Å². The average Bonchev–Trinajstić information content (AvgIpc) is 2.69. The van der Waals surface area contributed by atoms with Crippen LogP contribution in [-0.2, 0) is 4.79 Å². The molecule has 82 valence electrons. The Kier molecular flexibility index (Phi) is 3.27. The van der Waals surface area contributed by atoms with E-state index in [1.165, 1.54) is 10.9 Å². The maximum absolute atomic E-state index is 10.8. The minimum absolute atomic E-state index is 0.0203. The molecule has 6 nitrogen and oxygen atoms in total. The standard InChI is InChI=1S/C10H10N4O2/c1-6(10(15)16)7(2)14-5-13-8(3-11)9(14)4-12/h5-7H,1-2H3,(H,15,16). The first-order valence-electron chi connectivity index (χ1n) is 4.62.